The fraction of sp³-hybridized carbons (Fsp3) is 0.625. The summed E-state index contributed by atoms with van der Waals surface area (Å²) in [6, 6.07) is 6.10. The molecule has 0 aliphatic carbocycles. The Hall–Kier alpha value is -1.07. The van der Waals surface area contributed by atoms with Crippen LogP contribution in [0.1, 0.15) is 37.3 Å². The first kappa shape index (κ1) is 16.3. The largest absolute Gasteiger partial charge is 0.416 e. The average molecular weight is 300 g/mol. The second kappa shape index (κ2) is 7.27. The van der Waals surface area contributed by atoms with E-state index in [1.165, 1.54) is 18.9 Å². The molecule has 5 heteroatoms. The first-order valence-electron chi connectivity index (χ1n) is 7.61. The molecule has 1 aromatic rings. The van der Waals surface area contributed by atoms with Crippen molar-refractivity contribution >= 4 is 0 Å². The van der Waals surface area contributed by atoms with E-state index in [4.69, 9.17) is 0 Å². The summed E-state index contributed by atoms with van der Waals surface area (Å²) in [6.45, 7) is 5.52. The second-order valence-electron chi connectivity index (χ2n) is 5.68. The van der Waals surface area contributed by atoms with Crippen LogP contribution in [0.3, 0.4) is 0 Å². The van der Waals surface area contributed by atoms with Gasteiger partial charge in [0.15, 0.2) is 0 Å². The number of halogens is 3. The molecule has 1 saturated heterocycles. The Morgan fingerprint density at radius 3 is 2.76 bits per heavy atom. The molecule has 1 heterocycles. The van der Waals surface area contributed by atoms with Crippen molar-refractivity contribution in [2.24, 2.45) is 0 Å². The third-order valence-corrected chi connectivity index (χ3v) is 4.00. The molecule has 1 aliphatic heterocycles. The Bertz CT molecular complexity index is 445. The average Bonchev–Trinajstić information content (AvgIpc) is 2.90. The maximum atomic E-state index is 12.9. The molecule has 118 valence electrons. The summed E-state index contributed by atoms with van der Waals surface area (Å²) < 4.78 is 38.7. The van der Waals surface area contributed by atoms with Gasteiger partial charge in [-0.3, -0.25) is 0 Å². The van der Waals surface area contributed by atoms with Gasteiger partial charge < -0.3 is 10.2 Å². The highest BCUT2D eigenvalue weighted by atomic mass is 19.4. The molecule has 1 fully saturated rings. The van der Waals surface area contributed by atoms with Gasteiger partial charge in [0, 0.05) is 19.1 Å². The van der Waals surface area contributed by atoms with Crippen LogP contribution in [0.25, 0.3) is 0 Å². The number of hydrogen-bond acceptors (Lipinski definition) is 2. The third-order valence-electron chi connectivity index (χ3n) is 4.00. The predicted molar refractivity (Wildman–Crippen MR) is 78.0 cm³/mol. The zero-order valence-corrected chi connectivity index (χ0v) is 12.4. The highest BCUT2D eigenvalue weighted by Gasteiger charge is 2.33. The minimum absolute atomic E-state index is 0.280. The van der Waals surface area contributed by atoms with Crippen LogP contribution in [-0.4, -0.2) is 30.6 Å². The maximum Gasteiger partial charge on any atom is 0.416 e. The maximum absolute atomic E-state index is 12.9. The first-order chi connectivity index (χ1) is 10.0. The normalized spacial score (nSPS) is 20.1. The van der Waals surface area contributed by atoms with Gasteiger partial charge in [0.05, 0.1) is 5.56 Å². The van der Waals surface area contributed by atoms with Gasteiger partial charge in [0.1, 0.15) is 0 Å². The number of hydrogen-bond donors (Lipinski definition) is 1. The van der Waals surface area contributed by atoms with Crippen LogP contribution in [0.2, 0.25) is 0 Å². The molecule has 0 saturated carbocycles. The molecule has 0 radical (unpaired) electrons. The van der Waals surface area contributed by atoms with E-state index in [0.717, 1.165) is 32.1 Å². The predicted octanol–water partition coefficient (Wildman–Crippen LogP) is 3.67. The smallest absolute Gasteiger partial charge is 0.309 e. The van der Waals surface area contributed by atoms with Crippen molar-refractivity contribution in [2.45, 2.75) is 44.9 Å². The molecular formula is C16H23F3N2. The minimum atomic E-state index is -4.28. The number of alkyl halides is 3. The molecule has 1 atom stereocenters. The zero-order chi connectivity index (χ0) is 15.3. The molecule has 2 nitrogen and oxygen atoms in total. The van der Waals surface area contributed by atoms with Crippen molar-refractivity contribution in [1.82, 2.24) is 10.2 Å². The number of unbranched alkanes of at least 4 members (excludes halogenated alkanes) is 1. The lowest BCUT2D eigenvalue weighted by Crippen LogP contribution is -2.33. The monoisotopic (exact) mass is 300 g/mol. The molecule has 1 unspecified atom stereocenters. The van der Waals surface area contributed by atoms with Gasteiger partial charge in [0.2, 0.25) is 0 Å². The Kier molecular flexibility index (Phi) is 5.65. The van der Waals surface area contributed by atoms with E-state index in [-0.39, 0.29) is 6.54 Å². The minimum Gasteiger partial charge on any atom is -0.309 e. The van der Waals surface area contributed by atoms with E-state index in [1.54, 1.807) is 12.1 Å². The lowest BCUT2D eigenvalue weighted by molar-refractivity contribution is -0.138. The van der Waals surface area contributed by atoms with E-state index in [1.807, 2.05) is 0 Å². The summed E-state index contributed by atoms with van der Waals surface area (Å²) in [6.07, 6.45) is -0.907. The van der Waals surface area contributed by atoms with E-state index < -0.39 is 11.7 Å². The Balaban J connectivity index is 1.87. The third kappa shape index (κ3) is 4.71. The van der Waals surface area contributed by atoms with Crippen LogP contribution in [0.15, 0.2) is 24.3 Å². The Morgan fingerprint density at radius 1 is 1.29 bits per heavy atom. The summed E-state index contributed by atoms with van der Waals surface area (Å²) in [4.78, 5) is 2.39. The molecule has 1 aliphatic rings. The zero-order valence-electron chi connectivity index (χ0n) is 12.4. The highest BCUT2D eigenvalue weighted by molar-refractivity contribution is 5.29. The van der Waals surface area contributed by atoms with Crippen molar-refractivity contribution in [3.63, 3.8) is 0 Å². The summed E-state index contributed by atoms with van der Waals surface area (Å²) in [5.41, 5.74) is -0.199. The number of benzene rings is 1. The molecule has 0 amide bonds. The SMILES string of the molecule is CCCCN1CCC(NCc2ccccc2C(F)(F)F)C1. The molecular weight excluding hydrogens is 277 g/mol. The van der Waals surface area contributed by atoms with E-state index >= 15 is 0 Å². The fourth-order valence-electron chi connectivity index (χ4n) is 2.79. The van der Waals surface area contributed by atoms with Crippen LogP contribution < -0.4 is 5.32 Å². The van der Waals surface area contributed by atoms with Gasteiger partial charge in [-0.1, -0.05) is 31.5 Å². The van der Waals surface area contributed by atoms with Crippen LogP contribution in [0, 0.1) is 0 Å². The second-order valence-corrected chi connectivity index (χ2v) is 5.68. The van der Waals surface area contributed by atoms with Gasteiger partial charge in [-0.05, 0) is 37.6 Å². The standard InChI is InChI=1S/C16H23F3N2/c1-2-3-9-21-10-8-14(12-21)20-11-13-6-4-5-7-15(13)16(17,18)19/h4-7,14,20H,2-3,8-12H2,1H3. The molecule has 2 rings (SSSR count). The van der Waals surface area contributed by atoms with Gasteiger partial charge in [-0.25, -0.2) is 0 Å². The van der Waals surface area contributed by atoms with Gasteiger partial charge in [0.25, 0.3) is 0 Å². The van der Waals surface area contributed by atoms with Crippen LogP contribution in [-0.2, 0) is 12.7 Å². The molecule has 0 aromatic heterocycles. The molecule has 0 spiro atoms. The molecule has 1 aromatic carbocycles. The highest BCUT2D eigenvalue weighted by Crippen LogP contribution is 2.31. The van der Waals surface area contributed by atoms with Crippen molar-refractivity contribution in [3.8, 4) is 0 Å². The molecule has 0 bridgehead atoms. The lowest BCUT2D eigenvalue weighted by atomic mass is 10.1. The topological polar surface area (TPSA) is 15.3 Å². The number of likely N-dealkylation sites (tertiary alicyclic amines) is 1. The quantitative estimate of drug-likeness (QED) is 0.862. The number of nitrogens with zero attached hydrogens (tertiary/aromatic N) is 1. The van der Waals surface area contributed by atoms with Crippen LogP contribution >= 0.6 is 0 Å². The van der Waals surface area contributed by atoms with E-state index in [2.05, 4.69) is 17.1 Å². The summed E-state index contributed by atoms with van der Waals surface area (Å²) in [5.74, 6) is 0. The van der Waals surface area contributed by atoms with E-state index in [9.17, 15) is 13.2 Å². The Labute approximate surface area is 124 Å². The molecule has 21 heavy (non-hydrogen) atoms. The fourth-order valence-corrected chi connectivity index (χ4v) is 2.79. The van der Waals surface area contributed by atoms with Gasteiger partial charge in [-0.15, -0.1) is 0 Å². The van der Waals surface area contributed by atoms with Crippen molar-refractivity contribution < 1.29 is 13.2 Å². The van der Waals surface area contributed by atoms with Crippen molar-refractivity contribution in [3.05, 3.63) is 35.4 Å². The lowest BCUT2D eigenvalue weighted by Gasteiger charge is -2.18. The van der Waals surface area contributed by atoms with Gasteiger partial charge >= 0.3 is 6.18 Å². The molecule has 1 N–H and O–H groups in total. The number of nitrogens with one attached hydrogen (secondary N) is 1. The first-order valence-corrected chi connectivity index (χ1v) is 7.61. The van der Waals surface area contributed by atoms with Crippen molar-refractivity contribution in [1.29, 1.82) is 0 Å². The van der Waals surface area contributed by atoms with Crippen molar-refractivity contribution in [2.75, 3.05) is 19.6 Å². The van der Waals surface area contributed by atoms with Crippen LogP contribution in [0.5, 0.6) is 0 Å². The Morgan fingerprint density at radius 2 is 2.05 bits per heavy atom. The summed E-state index contributed by atoms with van der Waals surface area (Å²) in [5, 5.41) is 3.28. The summed E-state index contributed by atoms with van der Waals surface area (Å²) >= 11 is 0. The number of rotatable bonds is 6. The van der Waals surface area contributed by atoms with Gasteiger partial charge in [-0.2, -0.15) is 13.2 Å². The summed E-state index contributed by atoms with van der Waals surface area (Å²) in [7, 11) is 0. The van der Waals surface area contributed by atoms with Crippen LogP contribution in [0.4, 0.5) is 13.2 Å². The van der Waals surface area contributed by atoms with E-state index in [0.29, 0.717) is 11.6 Å².